The zero-order valence-corrected chi connectivity index (χ0v) is 9.26. The summed E-state index contributed by atoms with van der Waals surface area (Å²) in [5.74, 6) is -0.532. The van der Waals surface area contributed by atoms with E-state index in [-0.39, 0.29) is 17.8 Å². The van der Waals surface area contributed by atoms with Crippen molar-refractivity contribution in [1.82, 2.24) is 0 Å². The summed E-state index contributed by atoms with van der Waals surface area (Å²) in [6.07, 6.45) is 12.7. The second kappa shape index (κ2) is 5.54. The van der Waals surface area contributed by atoms with Crippen LogP contribution in [0.4, 0.5) is 0 Å². The van der Waals surface area contributed by atoms with Crippen molar-refractivity contribution in [2.45, 2.75) is 20.3 Å². The molecular weight excluding hydrogens is 188 g/mol. The Morgan fingerprint density at radius 2 is 1.73 bits per heavy atom. The molecule has 0 aromatic heterocycles. The summed E-state index contributed by atoms with van der Waals surface area (Å²) in [4.78, 5) is 11.0. The van der Waals surface area contributed by atoms with Crippen molar-refractivity contribution in [3.05, 3.63) is 36.5 Å². The molecule has 1 N–H and O–H groups in total. The van der Waals surface area contributed by atoms with Crippen LogP contribution in [0, 0.1) is 17.8 Å². The van der Waals surface area contributed by atoms with E-state index in [0.717, 1.165) is 0 Å². The van der Waals surface area contributed by atoms with Crippen LogP contribution >= 0.6 is 0 Å². The minimum Gasteiger partial charge on any atom is -0.481 e. The van der Waals surface area contributed by atoms with Gasteiger partial charge in [-0.05, 0) is 18.3 Å². The van der Waals surface area contributed by atoms with Crippen molar-refractivity contribution in [3.8, 4) is 0 Å². The van der Waals surface area contributed by atoms with Crippen LogP contribution in [0.5, 0.6) is 0 Å². The number of carboxylic acid groups (broad SMARTS) is 1. The van der Waals surface area contributed by atoms with Gasteiger partial charge in [0.1, 0.15) is 0 Å². The van der Waals surface area contributed by atoms with E-state index in [1.165, 1.54) is 0 Å². The Labute approximate surface area is 91.0 Å². The molecule has 2 nitrogen and oxygen atoms in total. The second-order valence-corrected chi connectivity index (χ2v) is 4.24. The molecule has 82 valence electrons. The van der Waals surface area contributed by atoms with Crippen LogP contribution in [0.2, 0.25) is 0 Å². The molecule has 0 aromatic carbocycles. The molecule has 0 aliphatic heterocycles. The van der Waals surface area contributed by atoms with Gasteiger partial charge in [0.25, 0.3) is 0 Å². The van der Waals surface area contributed by atoms with Crippen molar-refractivity contribution in [2.75, 3.05) is 0 Å². The molecule has 0 amide bonds. The molecule has 0 radical (unpaired) electrons. The van der Waals surface area contributed by atoms with Gasteiger partial charge in [-0.25, -0.2) is 0 Å². The smallest absolute Gasteiger partial charge is 0.306 e. The largest absolute Gasteiger partial charge is 0.481 e. The number of hydrogen-bond acceptors (Lipinski definition) is 1. The molecule has 1 aliphatic rings. The zero-order chi connectivity index (χ0) is 11.3. The lowest BCUT2D eigenvalue weighted by atomic mass is 9.86. The van der Waals surface area contributed by atoms with Gasteiger partial charge >= 0.3 is 5.97 Å². The molecule has 2 heteroatoms. The van der Waals surface area contributed by atoms with E-state index >= 15 is 0 Å². The van der Waals surface area contributed by atoms with E-state index in [0.29, 0.717) is 6.42 Å². The minimum absolute atomic E-state index is 0.181. The van der Waals surface area contributed by atoms with Gasteiger partial charge in [-0.1, -0.05) is 50.3 Å². The lowest BCUT2D eigenvalue weighted by Crippen LogP contribution is -2.21. The van der Waals surface area contributed by atoms with Crippen molar-refractivity contribution in [3.63, 3.8) is 0 Å². The molecule has 15 heavy (non-hydrogen) atoms. The first-order chi connectivity index (χ1) is 7.11. The van der Waals surface area contributed by atoms with Crippen LogP contribution in [-0.2, 0) is 4.79 Å². The number of hydrogen-bond donors (Lipinski definition) is 1. The first-order valence-electron chi connectivity index (χ1n) is 5.35. The Kier molecular flexibility index (Phi) is 4.35. The highest BCUT2D eigenvalue weighted by Crippen LogP contribution is 2.23. The van der Waals surface area contributed by atoms with E-state index in [1.807, 2.05) is 38.2 Å². The van der Waals surface area contributed by atoms with E-state index in [2.05, 4.69) is 12.2 Å². The summed E-state index contributed by atoms with van der Waals surface area (Å²) in [5.41, 5.74) is 0. The summed E-state index contributed by atoms with van der Waals surface area (Å²) in [5, 5.41) is 9.08. The third-order valence-corrected chi connectivity index (χ3v) is 2.70. The Bertz CT molecular complexity index is 282. The first-order valence-corrected chi connectivity index (χ1v) is 5.35. The third-order valence-electron chi connectivity index (χ3n) is 2.70. The highest BCUT2D eigenvalue weighted by Gasteiger charge is 2.23. The monoisotopic (exact) mass is 206 g/mol. The highest BCUT2D eigenvalue weighted by molar-refractivity contribution is 5.70. The Morgan fingerprint density at radius 1 is 1.20 bits per heavy atom. The number of rotatable bonds is 4. The van der Waals surface area contributed by atoms with E-state index in [9.17, 15) is 4.79 Å². The molecule has 0 spiro atoms. The molecule has 1 atom stereocenters. The molecule has 1 rings (SSSR count). The number of allylic oxidation sites excluding steroid dienone is 6. The predicted octanol–water partition coefficient (Wildman–Crippen LogP) is 3.03. The fourth-order valence-electron chi connectivity index (χ4n) is 1.71. The fourth-order valence-corrected chi connectivity index (χ4v) is 1.71. The number of carboxylic acids is 1. The van der Waals surface area contributed by atoms with Crippen molar-refractivity contribution in [2.24, 2.45) is 17.8 Å². The van der Waals surface area contributed by atoms with Crippen LogP contribution in [0.15, 0.2) is 36.5 Å². The first kappa shape index (κ1) is 11.8. The molecule has 0 aromatic rings. The molecule has 0 fully saturated rings. The average Bonchev–Trinajstić information content (AvgIpc) is 2.41. The van der Waals surface area contributed by atoms with Crippen LogP contribution in [-0.4, -0.2) is 11.1 Å². The van der Waals surface area contributed by atoms with Crippen LogP contribution in [0.3, 0.4) is 0 Å². The maximum absolute atomic E-state index is 11.0. The molecule has 0 saturated carbocycles. The van der Waals surface area contributed by atoms with Gasteiger partial charge in [0.05, 0.1) is 5.92 Å². The Morgan fingerprint density at radius 3 is 2.13 bits per heavy atom. The second-order valence-electron chi connectivity index (χ2n) is 4.24. The van der Waals surface area contributed by atoms with E-state index in [4.69, 9.17) is 5.11 Å². The summed E-state index contributed by atoms with van der Waals surface area (Å²) < 4.78 is 0. The van der Waals surface area contributed by atoms with Gasteiger partial charge in [0.15, 0.2) is 0 Å². The summed E-state index contributed by atoms with van der Waals surface area (Å²) in [7, 11) is 0. The van der Waals surface area contributed by atoms with Crippen LogP contribution < -0.4 is 0 Å². The summed E-state index contributed by atoms with van der Waals surface area (Å²) in [6.45, 7) is 3.92. The minimum atomic E-state index is -0.691. The van der Waals surface area contributed by atoms with Gasteiger partial charge in [0.2, 0.25) is 0 Å². The van der Waals surface area contributed by atoms with Gasteiger partial charge in [-0.15, -0.1) is 0 Å². The van der Waals surface area contributed by atoms with Crippen molar-refractivity contribution < 1.29 is 9.90 Å². The van der Waals surface area contributed by atoms with Crippen molar-refractivity contribution >= 4 is 5.97 Å². The SMILES string of the molecule is CC(C)C(CC1C=CC=CC=C1)C(=O)O. The lowest BCUT2D eigenvalue weighted by Gasteiger charge is -2.18. The highest BCUT2D eigenvalue weighted by atomic mass is 16.4. The molecule has 0 heterocycles. The van der Waals surface area contributed by atoms with Crippen molar-refractivity contribution in [1.29, 1.82) is 0 Å². The maximum atomic E-state index is 11.0. The maximum Gasteiger partial charge on any atom is 0.306 e. The zero-order valence-electron chi connectivity index (χ0n) is 9.26. The number of carbonyl (C=O) groups is 1. The van der Waals surface area contributed by atoms with Gasteiger partial charge < -0.3 is 5.11 Å². The number of aliphatic carboxylic acids is 1. The molecule has 0 bridgehead atoms. The van der Waals surface area contributed by atoms with Gasteiger partial charge in [-0.3, -0.25) is 4.79 Å². The standard InChI is InChI=1S/C13H18O2/c1-10(2)12(13(14)15)9-11-7-5-3-4-6-8-11/h3-8,10-12H,9H2,1-2H3,(H,14,15). The third kappa shape index (κ3) is 3.74. The molecular formula is C13H18O2. The normalized spacial score (nSPS) is 18.1. The summed E-state index contributed by atoms with van der Waals surface area (Å²) in [6, 6.07) is 0. The Hall–Kier alpha value is -1.31. The lowest BCUT2D eigenvalue weighted by molar-refractivity contribution is -0.143. The average molecular weight is 206 g/mol. The Balaban J connectivity index is 2.62. The fraction of sp³-hybridized carbons (Fsp3) is 0.462. The molecule has 1 unspecified atom stereocenters. The van der Waals surface area contributed by atoms with Gasteiger partial charge in [-0.2, -0.15) is 0 Å². The topological polar surface area (TPSA) is 37.3 Å². The molecule has 1 aliphatic carbocycles. The van der Waals surface area contributed by atoms with E-state index in [1.54, 1.807) is 0 Å². The molecule has 0 saturated heterocycles. The quantitative estimate of drug-likeness (QED) is 0.767. The van der Waals surface area contributed by atoms with Crippen LogP contribution in [0.1, 0.15) is 20.3 Å². The van der Waals surface area contributed by atoms with Gasteiger partial charge in [0, 0.05) is 0 Å². The van der Waals surface area contributed by atoms with Crippen LogP contribution in [0.25, 0.3) is 0 Å². The van der Waals surface area contributed by atoms with E-state index < -0.39 is 5.97 Å². The summed E-state index contributed by atoms with van der Waals surface area (Å²) >= 11 is 0. The predicted molar refractivity (Wildman–Crippen MR) is 61.5 cm³/mol.